The molecular formula is C13H21NO. The Hall–Kier alpha value is -1.18. The minimum absolute atomic E-state index is 0.421. The Morgan fingerprint density at radius 2 is 2.00 bits per heavy atom. The van der Waals surface area contributed by atoms with Crippen molar-refractivity contribution in [2.24, 2.45) is 0 Å². The lowest BCUT2D eigenvalue weighted by atomic mass is 10.0. The van der Waals surface area contributed by atoms with Crippen LogP contribution in [-0.2, 0) is 6.42 Å². The van der Waals surface area contributed by atoms with Gasteiger partial charge in [-0.25, -0.2) is 0 Å². The van der Waals surface area contributed by atoms with Crippen LogP contribution in [0.1, 0.15) is 38.7 Å². The summed E-state index contributed by atoms with van der Waals surface area (Å²) >= 11 is 0. The molecule has 2 heteroatoms. The van der Waals surface area contributed by atoms with Gasteiger partial charge in [-0.3, -0.25) is 0 Å². The highest BCUT2D eigenvalue weighted by Crippen LogP contribution is 2.27. The highest BCUT2D eigenvalue weighted by Gasteiger charge is 2.06. The molecule has 2 nitrogen and oxygen atoms in total. The van der Waals surface area contributed by atoms with Crippen molar-refractivity contribution in [2.45, 2.75) is 39.5 Å². The summed E-state index contributed by atoms with van der Waals surface area (Å²) in [5.74, 6) is 0.421. The summed E-state index contributed by atoms with van der Waals surface area (Å²) in [5, 5.41) is 13.1. The van der Waals surface area contributed by atoms with Gasteiger partial charge in [0.1, 0.15) is 5.75 Å². The number of benzene rings is 1. The van der Waals surface area contributed by atoms with Crippen LogP contribution in [-0.4, -0.2) is 11.7 Å². The van der Waals surface area contributed by atoms with Gasteiger partial charge in [-0.15, -0.1) is 0 Å². The summed E-state index contributed by atoms with van der Waals surface area (Å²) in [6.45, 7) is 5.27. The molecule has 0 amide bonds. The fourth-order valence-corrected chi connectivity index (χ4v) is 1.62. The van der Waals surface area contributed by atoms with Crippen molar-refractivity contribution in [1.29, 1.82) is 0 Å². The van der Waals surface area contributed by atoms with E-state index in [0.717, 1.165) is 43.5 Å². The van der Waals surface area contributed by atoms with E-state index in [-0.39, 0.29) is 0 Å². The maximum atomic E-state index is 9.78. The first-order valence-corrected chi connectivity index (χ1v) is 5.84. The van der Waals surface area contributed by atoms with Crippen molar-refractivity contribution < 1.29 is 5.11 Å². The van der Waals surface area contributed by atoms with Crippen LogP contribution in [0.4, 0.5) is 5.69 Å². The maximum absolute atomic E-state index is 9.78. The lowest BCUT2D eigenvalue weighted by Crippen LogP contribution is -2.03. The second-order valence-corrected chi connectivity index (χ2v) is 3.83. The molecule has 2 N–H and O–H groups in total. The molecule has 1 aromatic carbocycles. The third-order valence-corrected chi connectivity index (χ3v) is 2.50. The first kappa shape index (κ1) is 11.9. The van der Waals surface area contributed by atoms with E-state index in [2.05, 4.69) is 19.2 Å². The third-order valence-electron chi connectivity index (χ3n) is 2.50. The standard InChI is InChI=1S/C13H21NO/c1-3-5-7-11-12(14-10-4-2)8-6-9-13(11)15/h6,8-9,14-15H,3-5,7,10H2,1-2H3. The normalized spacial score (nSPS) is 10.3. The number of phenols is 1. The fourth-order valence-electron chi connectivity index (χ4n) is 1.62. The van der Waals surface area contributed by atoms with Gasteiger partial charge in [0.15, 0.2) is 0 Å². The van der Waals surface area contributed by atoms with E-state index in [4.69, 9.17) is 0 Å². The number of hydrogen-bond donors (Lipinski definition) is 2. The molecule has 0 fully saturated rings. The molecule has 84 valence electrons. The zero-order valence-electron chi connectivity index (χ0n) is 9.71. The molecule has 0 spiro atoms. The van der Waals surface area contributed by atoms with E-state index in [1.165, 1.54) is 0 Å². The first-order valence-electron chi connectivity index (χ1n) is 5.84. The highest BCUT2D eigenvalue weighted by atomic mass is 16.3. The van der Waals surface area contributed by atoms with Crippen LogP contribution in [0.25, 0.3) is 0 Å². The molecule has 1 rings (SSSR count). The number of nitrogens with one attached hydrogen (secondary N) is 1. The summed E-state index contributed by atoms with van der Waals surface area (Å²) in [7, 11) is 0. The lowest BCUT2D eigenvalue weighted by molar-refractivity contribution is 0.467. The maximum Gasteiger partial charge on any atom is 0.120 e. The van der Waals surface area contributed by atoms with Crippen LogP contribution >= 0.6 is 0 Å². The van der Waals surface area contributed by atoms with Crippen LogP contribution in [0.2, 0.25) is 0 Å². The topological polar surface area (TPSA) is 32.3 Å². The molecule has 0 radical (unpaired) electrons. The van der Waals surface area contributed by atoms with Gasteiger partial charge in [-0.1, -0.05) is 26.3 Å². The number of aromatic hydroxyl groups is 1. The quantitative estimate of drug-likeness (QED) is 0.747. The SMILES string of the molecule is CCCCc1c(O)cccc1NCCC. The average Bonchev–Trinajstić information content (AvgIpc) is 2.25. The lowest BCUT2D eigenvalue weighted by Gasteiger charge is -2.12. The average molecular weight is 207 g/mol. The zero-order valence-corrected chi connectivity index (χ0v) is 9.71. The Kier molecular flexibility index (Phi) is 5.02. The molecule has 15 heavy (non-hydrogen) atoms. The van der Waals surface area contributed by atoms with Crippen molar-refractivity contribution in [1.82, 2.24) is 0 Å². The van der Waals surface area contributed by atoms with E-state index in [9.17, 15) is 5.11 Å². The van der Waals surface area contributed by atoms with Gasteiger partial charge in [0.2, 0.25) is 0 Å². The van der Waals surface area contributed by atoms with Gasteiger partial charge in [-0.05, 0) is 31.4 Å². The molecule has 0 aliphatic carbocycles. The van der Waals surface area contributed by atoms with Crippen LogP contribution in [0.5, 0.6) is 5.75 Å². The molecule has 0 aliphatic rings. The van der Waals surface area contributed by atoms with E-state index in [1.54, 1.807) is 6.07 Å². The Morgan fingerprint density at radius 3 is 2.67 bits per heavy atom. The monoisotopic (exact) mass is 207 g/mol. The number of unbranched alkanes of at least 4 members (excludes halogenated alkanes) is 1. The molecular weight excluding hydrogens is 186 g/mol. The molecule has 0 atom stereocenters. The van der Waals surface area contributed by atoms with Gasteiger partial charge in [0.25, 0.3) is 0 Å². The highest BCUT2D eigenvalue weighted by molar-refractivity contribution is 5.57. The largest absolute Gasteiger partial charge is 0.508 e. The summed E-state index contributed by atoms with van der Waals surface area (Å²) in [6.07, 6.45) is 4.33. The molecule has 0 saturated heterocycles. The molecule has 0 bridgehead atoms. The number of rotatable bonds is 6. The minimum Gasteiger partial charge on any atom is -0.508 e. The van der Waals surface area contributed by atoms with Crippen molar-refractivity contribution in [3.8, 4) is 5.75 Å². The molecule has 0 aliphatic heterocycles. The second kappa shape index (κ2) is 6.33. The summed E-state index contributed by atoms with van der Waals surface area (Å²) in [6, 6.07) is 5.70. The van der Waals surface area contributed by atoms with Crippen molar-refractivity contribution in [2.75, 3.05) is 11.9 Å². The number of phenolic OH excluding ortho intramolecular Hbond substituents is 1. The van der Waals surface area contributed by atoms with Crippen LogP contribution in [0, 0.1) is 0 Å². The zero-order chi connectivity index (χ0) is 11.1. The van der Waals surface area contributed by atoms with Crippen molar-refractivity contribution in [3.05, 3.63) is 23.8 Å². The van der Waals surface area contributed by atoms with E-state index < -0.39 is 0 Å². The van der Waals surface area contributed by atoms with Crippen LogP contribution < -0.4 is 5.32 Å². The smallest absolute Gasteiger partial charge is 0.120 e. The molecule has 0 aromatic heterocycles. The van der Waals surface area contributed by atoms with Gasteiger partial charge in [0.05, 0.1) is 0 Å². The molecule has 0 saturated carbocycles. The molecule has 0 heterocycles. The Bertz CT molecular complexity index is 297. The van der Waals surface area contributed by atoms with E-state index >= 15 is 0 Å². The summed E-state index contributed by atoms with van der Waals surface area (Å²) in [5.41, 5.74) is 2.15. The first-order chi connectivity index (χ1) is 7.29. The summed E-state index contributed by atoms with van der Waals surface area (Å²) in [4.78, 5) is 0. The van der Waals surface area contributed by atoms with Gasteiger partial charge >= 0.3 is 0 Å². The van der Waals surface area contributed by atoms with Crippen LogP contribution in [0.3, 0.4) is 0 Å². The van der Waals surface area contributed by atoms with E-state index in [0.29, 0.717) is 5.75 Å². The minimum atomic E-state index is 0.421. The van der Waals surface area contributed by atoms with Gasteiger partial charge in [-0.2, -0.15) is 0 Å². The fraction of sp³-hybridized carbons (Fsp3) is 0.538. The molecule has 1 aromatic rings. The van der Waals surface area contributed by atoms with Gasteiger partial charge in [0, 0.05) is 17.8 Å². The van der Waals surface area contributed by atoms with Crippen LogP contribution in [0.15, 0.2) is 18.2 Å². The predicted molar refractivity (Wildman–Crippen MR) is 65.5 cm³/mol. The predicted octanol–water partition coefficient (Wildman–Crippen LogP) is 3.56. The van der Waals surface area contributed by atoms with Crippen molar-refractivity contribution in [3.63, 3.8) is 0 Å². The van der Waals surface area contributed by atoms with Crippen molar-refractivity contribution >= 4 is 5.69 Å². The third kappa shape index (κ3) is 3.46. The number of anilines is 1. The molecule has 0 unspecified atom stereocenters. The van der Waals surface area contributed by atoms with E-state index in [1.807, 2.05) is 12.1 Å². The Labute approximate surface area is 92.3 Å². The Morgan fingerprint density at radius 1 is 1.20 bits per heavy atom. The second-order valence-electron chi connectivity index (χ2n) is 3.83. The summed E-state index contributed by atoms with van der Waals surface area (Å²) < 4.78 is 0. The number of hydrogen-bond acceptors (Lipinski definition) is 2. The Balaban J connectivity index is 2.77. The van der Waals surface area contributed by atoms with Gasteiger partial charge < -0.3 is 10.4 Å².